The molecular formula is C27H23N3O5. The lowest BCUT2D eigenvalue weighted by Gasteiger charge is -2.14. The first kappa shape index (κ1) is 23.6. The maximum absolute atomic E-state index is 12.6. The largest absolute Gasteiger partial charge is 0.441 e. The van der Waals surface area contributed by atoms with Gasteiger partial charge in [-0.2, -0.15) is 9.59 Å². The van der Waals surface area contributed by atoms with E-state index in [0.29, 0.717) is 23.1 Å². The minimum absolute atomic E-state index is 0.250. The van der Waals surface area contributed by atoms with E-state index in [1.54, 1.807) is 6.92 Å². The van der Waals surface area contributed by atoms with Crippen LogP contribution in [0.25, 0.3) is 22.4 Å². The Balaban J connectivity index is 0.000000917. The van der Waals surface area contributed by atoms with E-state index in [9.17, 15) is 4.79 Å². The minimum Gasteiger partial charge on any atom is -0.441 e. The molecule has 4 aromatic rings. The molecule has 2 heterocycles. The average molecular weight is 469 g/mol. The highest BCUT2D eigenvalue weighted by Gasteiger charge is 2.21. The fourth-order valence-corrected chi connectivity index (χ4v) is 3.53. The zero-order valence-corrected chi connectivity index (χ0v) is 19.3. The van der Waals surface area contributed by atoms with Crippen molar-refractivity contribution >= 4 is 28.8 Å². The van der Waals surface area contributed by atoms with E-state index in [4.69, 9.17) is 18.8 Å². The first-order chi connectivity index (χ1) is 17.0. The minimum atomic E-state index is -0.567. The summed E-state index contributed by atoms with van der Waals surface area (Å²) in [4.78, 5) is 32.2. The van der Waals surface area contributed by atoms with Crippen molar-refractivity contribution in [3.05, 3.63) is 71.4 Å². The number of amides is 1. The lowest BCUT2D eigenvalue weighted by atomic mass is 10.1. The second-order valence-electron chi connectivity index (χ2n) is 8.17. The molecule has 0 spiro atoms. The van der Waals surface area contributed by atoms with Gasteiger partial charge in [0, 0.05) is 22.4 Å². The van der Waals surface area contributed by atoms with Crippen molar-refractivity contribution in [2.45, 2.75) is 32.8 Å². The second-order valence-corrected chi connectivity index (χ2v) is 8.17. The van der Waals surface area contributed by atoms with Crippen molar-refractivity contribution in [2.24, 2.45) is 5.92 Å². The number of benzene rings is 2. The Morgan fingerprint density at radius 2 is 1.91 bits per heavy atom. The third kappa shape index (κ3) is 5.85. The molecule has 176 valence electrons. The third-order valence-electron chi connectivity index (χ3n) is 5.51. The number of hydrogen-bond acceptors (Lipinski definition) is 6. The van der Waals surface area contributed by atoms with Crippen molar-refractivity contribution in [1.29, 1.82) is 0 Å². The summed E-state index contributed by atoms with van der Waals surface area (Å²) in [7, 11) is 0. The van der Waals surface area contributed by atoms with Gasteiger partial charge in [0.15, 0.2) is 0 Å². The van der Waals surface area contributed by atoms with Crippen LogP contribution in [0.5, 0.6) is 0 Å². The number of H-pyrrole nitrogens is 1. The number of aromatic nitrogens is 2. The molecule has 2 aromatic carbocycles. The number of carbonyl (C=O) groups is 1. The Morgan fingerprint density at radius 3 is 2.63 bits per heavy atom. The van der Waals surface area contributed by atoms with Crippen molar-refractivity contribution in [3.63, 3.8) is 0 Å². The van der Waals surface area contributed by atoms with Crippen molar-refractivity contribution in [3.8, 4) is 23.3 Å². The van der Waals surface area contributed by atoms with Crippen LogP contribution in [0.4, 0.5) is 10.5 Å². The first-order valence-electron chi connectivity index (χ1n) is 11.1. The molecule has 5 rings (SSSR count). The second kappa shape index (κ2) is 10.6. The summed E-state index contributed by atoms with van der Waals surface area (Å²) in [5.74, 6) is 7.53. The predicted octanol–water partition coefficient (Wildman–Crippen LogP) is 5.62. The van der Waals surface area contributed by atoms with E-state index in [1.807, 2.05) is 61.5 Å². The number of aromatic amines is 1. The van der Waals surface area contributed by atoms with Crippen molar-refractivity contribution in [1.82, 2.24) is 10.1 Å². The molecule has 1 aliphatic carbocycles. The van der Waals surface area contributed by atoms with Gasteiger partial charge in [0.25, 0.3) is 0 Å². The summed E-state index contributed by atoms with van der Waals surface area (Å²) >= 11 is 0. The highest BCUT2D eigenvalue weighted by molar-refractivity contribution is 5.93. The summed E-state index contributed by atoms with van der Waals surface area (Å²) in [6.07, 6.45) is 1.70. The molecule has 8 nitrogen and oxygen atoms in total. The fourth-order valence-electron chi connectivity index (χ4n) is 3.53. The molecule has 1 unspecified atom stereocenters. The number of rotatable bonds is 4. The van der Waals surface area contributed by atoms with Gasteiger partial charge in [0.2, 0.25) is 5.76 Å². The number of carbonyl (C=O) groups excluding carboxylic acids is 3. The van der Waals surface area contributed by atoms with Gasteiger partial charge in [-0.05, 0) is 50.5 Å². The van der Waals surface area contributed by atoms with E-state index in [0.717, 1.165) is 27.7 Å². The Hall–Kier alpha value is -4.60. The van der Waals surface area contributed by atoms with E-state index in [2.05, 4.69) is 27.3 Å². The molecule has 2 N–H and O–H groups in total. The standard InChI is InChI=1S/C26H23N3O3.CO2/c1-16-24(28-26(30)31-17(2)20-6-4-3-5-7-20)25(32-29-16)23-15-21-13-12-19(14-22(21)27-23)11-10-18-8-9-18;2-1-3/h3-7,12-15,17-18,27H,8-9H2,1-2H3,(H,28,30);. The molecule has 1 saturated carbocycles. The molecule has 0 bridgehead atoms. The van der Waals surface area contributed by atoms with Gasteiger partial charge in [-0.3, -0.25) is 5.32 Å². The third-order valence-corrected chi connectivity index (χ3v) is 5.51. The van der Waals surface area contributed by atoms with Crippen LogP contribution in [0.2, 0.25) is 0 Å². The van der Waals surface area contributed by atoms with E-state index in [1.165, 1.54) is 12.8 Å². The van der Waals surface area contributed by atoms with Crippen LogP contribution in [0, 0.1) is 24.7 Å². The summed E-state index contributed by atoms with van der Waals surface area (Å²) < 4.78 is 11.1. The summed E-state index contributed by atoms with van der Waals surface area (Å²) in [6.45, 7) is 3.61. The quantitative estimate of drug-likeness (QED) is 0.375. The highest BCUT2D eigenvalue weighted by atomic mass is 16.6. The van der Waals surface area contributed by atoms with Gasteiger partial charge < -0.3 is 14.2 Å². The van der Waals surface area contributed by atoms with Crippen LogP contribution in [0.1, 0.15) is 42.7 Å². The number of nitrogens with zero attached hydrogens (tertiary/aromatic N) is 1. The number of ether oxygens (including phenoxy) is 1. The molecular weight excluding hydrogens is 446 g/mol. The molecule has 1 fully saturated rings. The topological polar surface area (TPSA) is 114 Å². The normalized spacial score (nSPS) is 13.0. The monoisotopic (exact) mass is 469 g/mol. The molecule has 0 saturated heterocycles. The number of hydrogen-bond donors (Lipinski definition) is 2. The van der Waals surface area contributed by atoms with Crippen molar-refractivity contribution < 1.29 is 23.6 Å². The fraction of sp³-hybridized carbons (Fsp3) is 0.222. The lowest BCUT2D eigenvalue weighted by Crippen LogP contribution is -2.16. The molecule has 8 heteroatoms. The zero-order chi connectivity index (χ0) is 24.8. The molecule has 0 aliphatic heterocycles. The maximum Gasteiger partial charge on any atom is 0.412 e. The van der Waals surface area contributed by atoms with E-state index in [-0.39, 0.29) is 12.3 Å². The summed E-state index contributed by atoms with van der Waals surface area (Å²) in [5.41, 5.74) is 4.61. The Labute approximate surface area is 201 Å². The maximum atomic E-state index is 12.6. The van der Waals surface area contributed by atoms with Crippen LogP contribution in [0.3, 0.4) is 0 Å². The molecule has 1 atom stereocenters. The number of aryl methyl sites for hydroxylation is 1. The Morgan fingerprint density at radius 1 is 1.17 bits per heavy atom. The average Bonchev–Trinajstić information content (AvgIpc) is 3.49. The van der Waals surface area contributed by atoms with Crippen LogP contribution < -0.4 is 5.32 Å². The van der Waals surface area contributed by atoms with Gasteiger partial charge in [0.05, 0.1) is 5.69 Å². The van der Waals surface area contributed by atoms with Gasteiger partial charge >= 0.3 is 12.2 Å². The smallest absolute Gasteiger partial charge is 0.412 e. The lowest BCUT2D eigenvalue weighted by molar-refractivity contribution is -0.191. The van der Waals surface area contributed by atoms with E-state index < -0.39 is 6.09 Å². The van der Waals surface area contributed by atoms with Crippen molar-refractivity contribution in [2.75, 3.05) is 5.32 Å². The van der Waals surface area contributed by atoms with Gasteiger partial charge in [0.1, 0.15) is 17.5 Å². The summed E-state index contributed by atoms with van der Waals surface area (Å²) in [5, 5.41) is 7.86. The van der Waals surface area contributed by atoms with Crippen LogP contribution in [0.15, 0.2) is 59.1 Å². The van der Waals surface area contributed by atoms with E-state index >= 15 is 0 Å². The van der Waals surface area contributed by atoms with Crippen LogP contribution in [-0.4, -0.2) is 22.4 Å². The Kier molecular flexibility index (Phi) is 7.10. The summed E-state index contributed by atoms with van der Waals surface area (Å²) in [6, 6.07) is 17.6. The predicted molar refractivity (Wildman–Crippen MR) is 128 cm³/mol. The molecule has 1 amide bonds. The number of nitrogens with one attached hydrogen (secondary N) is 2. The number of anilines is 1. The number of fused-ring (bicyclic) bond motifs is 1. The Bertz CT molecular complexity index is 1430. The first-order valence-corrected chi connectivity index (χ1v) is 11.1. The zero-order valence-electron chi connectivity index (χ0n) is 19.3. The van der Waals surface area contributed by atoms with Crippen LogP contribution >= 0.6 is 0 Å². The molecule has 0 radical (unpaired) electrons. The highest BCUT2D eigenvalue weighted by Crippen LogP contribution is 2.33. The molecule has 35 heavy (non-hydrogen) atoms. The van der Waals surface area contributed by atoms with Gasteiger partial charge in [-0.1, -0.05) is 53.4 Å². The van der Waals surface area contributed by atoms with Crippen LogP contribution in [-0.2, 0) is 14.3 Å². The SMILES string of the molecule is Cc1noc(-c2cc3ccc(C#CC4CC4)cc3[nH]2)c1NC(=O)OC(C)c1ccccc1.O=C=O. The molecule has 2 aromatic heterocycles. The van der Waals surface area contributed by atoms with Gasteiger partial charge in [-0.25, -0.2) is 4.79 Å². The van der Waals surface area contributed by atoms with Gasteiger partial charge in [-0.15, -0.1) is 0 Å². The molecule has 1 aliphatic rings.